The van der Waals surface area contributed by atoms with E-state index < -0.39 is 8.87 Å². The summed E-state index contributed by atoms with van der Waals surface area (Å²) >= 11 is 0. The van der Waals surface area contributed by atoms with Crippen molar-refractivity contribution in [2.45, 2.75) is 32.6 Å². The zero-order valence-corrected chi connectivity index (χ0v) is 12.1. The van der Waals surface area contributed by atoms with Gasteiger partial charge in [-0.3, -0.25) is 0 Å². The molecule has 0 amide bonds. The Morgan fingerprint density at radius 2 is 1.65 bits per heavy atom. The molecular weight excluding hydrogens is 252 g/mol. The van der Waals surface area contributed by atoms with Gasteiger partial charge >= 0.3 is 0 Å². The first kappa shape index (κ1) is 14.1. The van der Waals surface area contributed by atoms with Crippen molar-refractivity contribution in [1.29, 1.82) is 0 Å². The van der Waals surface area contributed by atoms with Gasteiger partial charge in [-0.1, -0.05) is 23.6 Å². The summed E-state index contributed by atoms with van der Waals surface area (Å²) < 4.78 is 23.8. The molecule has 0 fully saturated rings. The number of hydrogen-bond donors (Lipinski definition) is 0. The molecule has 0 N–H and O–H groups in total. The first-order valence-electron chi connectivity index (χ1n) is 5.23. The second-order valence-electron chi connectivity index (χ2n) is 4.83. The van der Waals surface area contributed by atoms with E-state index in [4.69, 9.17) is 0 Å². The summed E-state index contributed by atoms with van der Waals surface area (Å²) in [4.78, 5) is 0.302. The Morgan fingerprint density at radius 3 is 2.12 bits per heavy atom. The summed E-state index contributed by atoms with van der Waals surface area (Å²) in [7, 11) is -2.68. The van der Waals surface area contributed by atoms with Crippen LogP contribution in [0.1, 0.15) is 26.3 Å². The van der Waals surface area contributed by atoms with Crippen LogP contribution in [0.4, 0.5) is 0 Å². The normalized spacial score (nSPS) is 11.8. The van der Waals surface area contributed by atoms with E-state index in [-0.39, 0.29) is 5.41 Å². The van der Waals surface area contributed by atoms with Gasteiger partial charge in [0.05, 0.1) is 15.7 Å². The van der Waals surface area contributed by atoms with Gasteiger partial charge in [0.2, 0.25) is 8.87 Å². The third kappa shape index (κ3) is 4.84. The van der Waals surface area contributed by atoms with Crippen molar-refractivity contribution in [2.24, 2.45) is 5.41 Å². The second kappa shape index (κ2) is 5.16. The van der Waals surface area contributed by atoms with Crippen molar-refractivity contribution < 1.29 is 8.42 Å². The van der Waals surface area contributed by atoms with Crippen molar-refractivity contribution in [1.82, 2.24) is 0 Å². The summed E-state index contributed by atoms with van der Waals surface area (Å²) in [5.74, 6) is 2.89. The van der Waals surface area contributed by atoms with Gasteiger partial charge in [-0.15, -0.1) is 0 Å². The lowest BCUT2D eigenvalue weighted by molar-refractivity contribution is 0.571. The number of benzene rings is 1. The van der Waals surface area contributed by atoms with Gasteiger partial charge in [0.15, 0.2) is 0 Å². The molecule has 0 saturated heterocycles. The number of hydrogen-bond acceptors (Lipinski definition) is 3. The molecule has 0 radical (unpaired) electrons. The number of aryl methyl sites for hydroxylation is 1. The van der Waals surface area contributed by atoms with Crippen LogP contribution in [0.3, 0.4) is 0 Å². The molecule has 0 atom stereocenters. The maximum absolute atomic E-state index is 11.9. The first-order chi connectivity index (χ1) is 7.71. The molecule has 0 aliphatic rings. The summed E-state index contributed by atoms with van der Waals surface area (Å²) in [5, 5.41) is 2.66. The maximum Gasteiger partial charge on any atom is 0.241 e. The third-order valence-electron chi connectivity index (χ3n) is 1.89. The van der Waals surface area contributed by atoms with Gasteiger partial charge in [0.1, 0.15) is 0 Å². The van der Waals surface area contributed by atoms with Crippen LogP contribution in [0.2, 0.25) is 0 Å². The van der Waals surface area contributed by atoms with E-state index in [0.717, 1.165) is 5.56 Å². The quantitative estimate of drug-likeness (QED) is 0.609. The summed E-state index contributed by atoms with van der Waals surface area (Å²) in [5.41, 5.74) is 0.852. The van der Waals surface area contributed by atoms with E-state index in [9.17, 15) is 8.42 Å². The molecule has 0 aromatic heterocycles. The molecule has 1 aromatic rings. The lowest BCUT2D eigenvalue weighted by Crippen LogP contribution is -1.99. The largest absolute Gasteiger partial charge is 0.241 e. The molecule has 1 aromatic carbocycles. The van der Waals surface area contributed by atoms with Gasteiger partial charge < -0.3 is 0 Å². The van der Waals surface area contributed by atoms with Crippen LogP contribution in [-0.2, 0) is 8.87 Å². The fourth-order valence-electron chi connectivity index (χ4n) is 0.982. The molecule has 17 heavy (non-hydrogen) atoms. The van der Waals surface area contributed by atoms with E-state index in [1.807, 2.05) is 27.7 Å². The van der Waals surface area contributed by atoms with Crippen molar-refractivity contribution in [3.05, 3.63) is 29.8 Å². The molecule has 0 spiro atoms. The van der Waals surface area contributed by atoms with Gasteiger partial charge in [-0.2, -0.15) is 0 Å². The zero-order valence-electron chi connectivity index (χ0n) is 10.4. The Labute approximate surface area is 107 Å². The SMILES string of the molecule is Cc1ccc(S(=O)(=O)SC#CC(C)(C)C)cc1. The van der Waals surface area contributed by atoms with Gasteiger partial charge in [0.25, 0.3) is 0 Å². The minimum absolute atomic E-state index is 0.185. The van der Waals surface area contributed by atoms with E-state index in [0.29, 0.717) is 15.7 Å². The highest BCUT2D eigenvalue weighted by molar-refractivity contribution is 8.73. The highest BCUT2D eigenvalue weighted by atomic mass is 33.1. The number of rotatable bonds is 2. The zero-order chi connectivity index (χ0) is 13.1. The van der Waals surface area contributed by atoms with Crippen LogP contribution in [0, 0.1) is 23.5 Å². The topological polar surface area (TPSA) is 34.1 Å². The van der Waals surface area contributed by atoms with Crippen LogP contribution < -0.4 is 0 Å². The molecule has 4 heteroatoms. The molecule has 0 saturated carbocycles. The first-order valence-corrected chi connectivity index (χ1v) is 8.05. The molecule has 0 unspecified atom stereocenters. The monoisotopic (exact) mass is 268 g/mol. The van der Waals surface area contributed by atoms with Gasteiger partial charge in [-0.05, 0) is 45.1 Å². The Bertz CT molecular complexity index is 538. The van der Waals surface area contributed by atoms with Crippen molar-refractivity contribution >= 4 is 19.7 Å². The van der Waals surface area contributed by atoms with E-state index in [2.05, 4.69) is 11.2 Å². The molecular formula is C13H16O2S2. The maximum atomic E-state index is 11.9. The molecule has 92 valence electrons. The average molecular weight is 268 g/mol. The Balaban J connectivity index is 2.89. The van der Waals surface area contributed by atoms with E-state index in [1.54, 1.807) is 24.3 Å². The predicted molar refractivity (Wildman–Crippen MR) is 73.2 cm³/mol. The summed E-state index contributed by atoms with van der Waals surface area (Å²) in [6.45, 7) is 7.75. The molecule has 0 heterocycles. The molecule has 0 aliphatic carbocycles. The van der Waals surface area contributed by atoms with E-state index in [1.165, 1.54) is 0 Å². The van der Waals surface area contributed by atoms with Crippen molar-refractivity contribution in [3.63, 3.8) is 0 Å². The Hall–Kier alpha value is -0.920. The standard InChI is InChI=1S/C13H16O2S2/c1-11-5-7-12(8-6-11)17(14,15)16-10-9-13(2,3)4/h5-8H,1-4H3. The summed E-state index contributed by atoms with van der Waals surface area (Å²) in [6.07, 6.45) is 0. The van der Waals surface area contributed by atoms with Crippen LogP contribution in [0.15, 0.2) is 29.2 Å². The third-order valence-corrected chi connectivity index (χ3v) is 4.63. The van der Waals surface area contributed by atoms with Crippen LogP contribution in [0.5, 0.6) is 0 Å². The van der Waals surface area contributed by atoms with Crippen LogP contribution in [-0.4, -0.2) is 8.42 Å². The summed E-state index contributed by atoms with van der Waals surface area (Å²) in [6, 6.07) is 6.78. The van der Waals surface area contributed by atoms with Crippen LogP contribution in [0.25, 0.3) is 0 Å². The lowest BCUT2D eigenvalue weighted by Gasteiger charge is -2.06. The second-order valence-corrected chi connectivity index (χ2v) is 8.39. The molecule has 0 bridgehead atoms. The smallest absolute Gasteiger partial charge is 0.211 e. The highest BCUT2D eigenvalue weighted by Gasteiger charge is 2.14. The minimum atomic E-state index is -3.36. The lowest BCUT2D eigenvalue weighted by atomic mass is 9.99. The molecule has 1 rings (SSSR count). The average Bonchev–Trinajstić information content (AvgIpc) is 2.15. The Morgan fingerprint density at radius 1 is 1.12 bits per heavy atom. The van der Waals surface area contributed by atoms with Gasteiger partial charge in [0, 0.05) is 5.41 Å². The Kier molecular flexibility index (Phi) is 4.29. The van der Waals surface area contributed by atoms with Crippen molar-refractivity contribution in [3.8, 4) is 11.2 Å². The van der Waals surface area contributed by atoms with Gasteiger partial charge in [-0.25, -0.2) is 8.42 Å². The highest BCUT2D eigenvalue weighted by Crippen LogP contribution is 2.23. The molecule has 0 aliphatic heterocycles. The molecule has 2 nitrogen and oxygen atoms in total. The minimum Gasteiger partial charge on any atom is -0.211 e. The fraction of sp³-hybridized carbons (Fsp3) is 0.385. The fourth-order valence-corrected chi connectivity index (χ4v) is 3.08. The van der Waals surface area contributed by atoms with Crippen molar-refractivity contribution in [2.75, 3.05) is 0 Å². The predicted octanol–water partition coefficient (Wildman–Crippen LogP) is 3.42. The van der Waals surface area contributed by atoms with E-state index >= 15 is 0 Å². The van der Waals surface area contributed by atoms with Crippen LogP contribution >= 0.6 is 10.8 Å².